The molecule has 0 saturated carbocycles. The third kappa shape index (κ3) is 4.51. The zero-order valence-corrected chi connectivity index (χ0v) is 12.2. The SMILES string of the molecule is CCOc1ccc(C)cc1C(O)C(CCC(=O)O)NC. The molecule has 2 unspecified atom stereocenters. The fraction of sp³-hybridized carbons (Fsp3) is 0.533. The summed E-state index contributed by atoms with van der Waals surface area (Å²) in [5.74, 6) is -0.229. The summed E-state index contributed by atoms with van der Waals surface area (Å²) in [4.78, 5) is 10.7. The quantitative estimate of drug-likeness (QED) is 0.678. The Balaban J connectivity index is 2.94. The molecule has 112 valence electrons. The van der Waals surface area contributed by atoms with Crippen molar-refractivity contribution in [3.05, 3.63) is 29.3 Å². The van der Waals surface area contributed by atoms with Crippen LogP contribution >= 0.6 is 0 Å². The molecule has 1 aromatic carbocycles. The van der Waals surface area contributed by atoms with Crippen LogP contribution in [0.1, 0.15) is 37.0 Å². The Kier molecular flexibility index (Phi) is 6.48. The van der Waals surface area contributed by atoms with E-state index in [4.69, 9.17) is 9.84 Å². The van der Waals surface area contributed by atoms with Crippen molar-refractivity contribution in [2.45, 2.75) is 38.8 Å². The van der Waals surface area contributed by atoms with Gasteiger partial charge in [0.15, 0.2) is 0 Å². The van der Waals surface area contributed by atoms with Gasteiger partial charge in [-0.2, -0.15) is 0 Å². The van der Waals surface area contributed by atoms with Gasteiger partial charge < -0.3 is 20.3 Å². The van der Waals surface area contributed by atoms with Crippen molar-refractivity contribution in [3.8, 4) is 5.75 Å². The van der Waals surface area contributed by atoms with Gasteiger partial charge in [0.05, 0.1) is 12.7 Å². The van der Waals surface area contributed by atoms with Crippen molar-refractivity contribution >= 4 is 5.97 Å². The molecular formula is C15H23NO4. The van der Waals surface area contributed by atoms with Crippen LogP contribution in [0.15, 0.2) is 18.2 Å². The zero-order chi connectivity index (χ0) is 15.1. The Hall–Kier alpha value is -1.59. The summed E-state index contributed by atoms with van der Waals surface area (Å²) in [5.41, 5.74) is 1.71. The fourth-order valence-electron chi connectivity index (χ4n) is 2.14. The Morgan fingerprint density at radius 1 is 1.45 bits per heavy atom. The smallest absolute Gasteiger partial charge is 0.303 e. The van der Waals surface area contributed by atoms with Gasteiger partial charge in [-0.15, -0.1) is 0 Å². The highest BCUT2D eigenvalue weighted by Crippen LogP contribution is 2.30. The number of aryl methyl sites for hydroxylation is 1. The van der Waals surface area contributed by atoms with E-state index in [1.54, 1.807) is 7.05 Å². The van der Waals surface area contributed by atoms with E-state index in [9.17, 15) is 9.90 Å². The first-order valence-corrected chi connectivity index (χ1v) is 6.80. The topological polar surface area (TPSA) is 78.8 Å². The molecule has 1 rings (SSSR count). The minimum Gasteiger partial charge on any atom is -0.493 e. The molecule has 0 radical (unpaired) electrons. The van der Waals surface area contributed by atoms with E-state index in [0.29, 0.717) is 24.3 Å². The second-order valence-electron chi connectivity index (χ2n) is 4.75. The largest absolute Gasteiger partial charge is 0.493 e. The number of aliphatic hydroxyl groups excluding tert-OH is 1. The van der Waals surface area contributed by atoms with Crippen molar-refractivity contribution in [2.24, 2.45) is 0 Å². The number of ether oxygens (including phenoxy) is 1. The van der Waals surface area contributed by atoms with Gasteiger partial charge in [0.1, 0.15) is 5.75 Å². The van der Waals surface area contributed by atoms with Gasteiger partial charge in [0.25, 0.3) is 0 Å². The maximum atomic E-state index is 10.7. The van der Waals surface area contributed by atoms with Gasteiger partial charge in [-0.25, -0.2) is 0 Å². The molecule has 20 heavy (non-hydrogen) atoms. The van der Waals surface area contributed by atoms with Crippen LogP contribution in [0.5, 0.6) is 5.75 Å². The molecule has 5 nitrogen and oxygen atoms in total. The van der Waals surface area contributed by atoms with E-state index < -0.39 is 12.1 Å². The zero-order valence-electron chi connectivity index (χ0n) is 12.2. The van der Waals surface area contributed by atoms with E-state index in [0.717, 1.165) is 5.56 Å². The van der Waals surface area contributed by atoms with Gasteiger partial charge in [0.2, 0.25) is 0 Å². The number of carboxylic acid groups (broad SMARTS) is 1. The highest BCUT2D eigenvalue weighted by atomic mass is 16.5. The highest BCUT2D eigenvalue weighted by molar-refractivity contribution is 5.66. The Labute approximate surface area is 119 Å². The summed E-state index contributed by atoms with van der Waals surface area (Å²) >= 11 is 0. The molecule has 0 aliphatic heterocycles. The molecule has 3 N–H and O–H groups in total. The lowest BCUT2D eigenvalue weighted by Gasteiger charge is -2.24. The molecule has 0 heterocycles. The molecular weight excluding hydrogens is 258 g/mol. The molecule has 2 atom stereocenters. The number of carboxylic acids is 1. The third-order valence-corrected chi connectivity index (χ3v) is 3.20. The van der Waals surface area contributed by atoms with Crippen molar-refractivity contribution < 1.29 is 19.7 Å². The molecule has 1 aromatic rings. The van der Waals surface area contributed by atoms with Crippen molar-refractivity contribution in [2.75, 3.05) is 13.7 Å². The Bertz CT molecular complexity index is 447. The molecule has 0 aromatic heterocycles. The Morgan fingerprint density at radius 3 is 2.70 bits per heavy atom. The lowest BCUT2D eigenvalue weighted by Crippen LogP contribution is -2.33. The first kappa shape index (κ1) is 16.5. The predicted octanol–water partition coefficient (Wildman–Crippen LogP) is 1.88. The number of rotatable bonds is 8. The second-order valence-corrected chi connectivity index (χ2v) is 4.75. The molecule has 0 spiro atoms. The van der Waals surface area contributed by atoms with Crippen LogP contribution in [0.25, 0.3) is 0 Å². The summed E-state index contributed by atoms with van der Waals surface area (Å²) < 4.78 is 5.53. The summed E-state index contributed by atoms with van der Waals surface area (Å²) in [7, 11) is 1.71. The number of aliphatic carboxylic acids is 1. The van der Waals surface area contributed by atoms with Crippen LogP contribution in [0.3, 0.4) is 0 Å². The van der Waals surface area contributed by atoms with Gasteiger partial charge >= 0.3 is 5.97 Å². The van der Waals surface area contributed by atoms with Gasteiger partial charge in [-0.3, -0.25) is 4.79 Å². The molecule has 5 heteroatoms. The minimum absolute atomic E-state index is 0.0123. The Morgan fingerprint density at radius 2 is 2.15 bits per heavy atom. The van der Waals surface area contributed by atoms with Crippen molar-refractivity contribution in [3.63, 3.8) is 0 Å². The van der Waals surface area contributed by atoms with Gasteiger partial charge in [0, 0.05) is 18.0 Å². The summed E-state index contributed by atoms with van der Waals surface area (Å²) in [6, 6.07) is 5.31. The number of benzene rings is 1. The summed E-state index contributed by atoms with van der Waals surface area (Å²) in [6.07, 6.45) is -0.439. The lowest BCUT2D eigenvalue weighted by molar-refractivity contribution is -0.137. The number of aliphatic hydroxyl groups is 1. The number of nitrogens with one attached hydrogen (secondary N) is 1. The minimum atomic E-state index is -0.869. The first-order valence-electron chi connectivity index (χ1n) is 6.80. The monoisotopic (exact) mass is 281 g/mol. The molecule has 0 aliphatic rings. The van der Waals surface area contributed by atoms with Crippen LogP contribution in [0, 0.1) is 6.92 Å². The third-order valence-electron chi connectivity index (χ3n) is 3.20. The van der Waals surface area contributed by atoms with Crippen LogP contribution in [0.2, 0.25) is 0 Å². The molecule has 0 aliphatic carbocycles. The highest BCUT2D eigenvalue weighted by Gasteiger charge is 2.23. The lowest BCUT2D eigenvalue weighted by atomic mass is 9.96. The molecule has 0 fully saturated rings. The summed E-state index contributed by atoms with van der Waals surface area (Å²) in [6.45, 7) is 4.34. The van der Waals surface area contributed by atoms with Crippen molar-refractivity contribution in [1.29, 1.82) is 0 Å². The number of hydrogen-bond donors (Lipinski definition) is 3. The summed E-state index contributed by atoms with van der Waals surface area (Å²) in [5, 5.41) is 22.2. The molecule has 0 saturated heterocycles. The number of likely N-dealkylation sites (N-methyl/N-ethyl adjacent to an activating group) is 1. The maximum absolute atomic E-state index is 10.7. The average molecular weight is 281 g/mol. The fourth-order valence-corrected chi connectivity index (χ4v) is 2.14. The van der Waals surface area contributed by atoms with Crippen molar-refractivity contribution in [1.82, 2.24) is 5.32 Å². The van der Waals surface area contributed by atoms with Crippen LogP contribution < -0.4 is 10.1 Å². The number of carbonyl (C=O) groups is 1. The first-order chi connectivity index (χ1) is 9.49. The second kappa shape index (κ2) is 7.87. The predicted molar refractivity (Wildman–Crippen MR) is 77.0 cm³/mol. The standard InChI is InChI=1S/C15H23NO4/c1-4-20-13-7-5-10(2)9-11(13)15(19)12(16-3)6-8-14(17)18/h5,7,9,12,15-16,19H,4,6,8H2,1-3H3,(H,17,18). The van der Waals surface area contributed by atoms with Gasteiger partial charge in [-0.05, 0) is 39.4 Å². The van der Waals surface area contributed by atoms with E-state index in [1.165, 1.54) is 0 Å². The van der Waals surface area contributed by atoms with Crippen LogP contribution in [-0.2, 0) is 4.79 Å². The van der Waals surface area contributed by atoms with E-state index in [2.05, 4.69) is 5.32 Å². The normalized spacial score (nSPS) is 13.8. The van der Waals surface area contributed by atoms with Crippen LogP contribution in [0.4, 0.5) is 0 Å². The molecule has 0 amide bonds. The maximum Gasteiger partial charge on any atom is 0.303 e. The average Bonchev–Trinajstić information content (AvgIpc) is 2.41. The van der Waals surface area contributed by atoms with E-state index in [-0.39, 0.29) is 12.5 Å². The molecule has 0 bridgehead atoms. The number of hydrogen-bond acceptors (Lipinski definition) is 4. The van der Waals surface area contributed by atoms with Crippen LogP contribution in [-0.4, -0.2) is 35.9 Å². The van der Waals surface area contributed by atoms with E-state index >= 15 is 0 Å². The van der Waals surface area contributed by atoms with E-state index in [1.807, 2.05) is 32.0 Å². The van der Waals surface area contributed by atoms with Gasteiger partial charge in [-0.1, -0.05) is 11.6 Å².